The van der Waals surface area contributed by atoms with Gasteiger partial charge in [-0.3, -0.25) is 9.59 Å². The van der Waals surface area contributed by atoms with Gasteiger partial charge >= 0.3 is 29.6 Å². The number of fused-ring (bicyclic) bond motifs is 1. The molecule has 1 aromatic carbocycles. The van der Waals surface area contributed by atoms with Crippen LogP contribution < -0.4 is 34.3 Å². The summed E-state index contributed by atoms with van der Waals surface area (Å²) in [4.78, 5) is 20.1. The van der Waals surface area contributed by atoms with Crippen LogP contribution in [-0.4, -0.2) is 25.4 Å². The van der Waals surface area contributed by atoms with Crippen molar-refractivity contribution in [3.8, 4) is 0 Å². The molecule has 1 amide bonds. The Morgan fingerprint density at radius 2 is 1.82 bits per heavy atom. The van der Waals surface area contributed by atoms with Crippen molar-refractivity contribution in [2.75, 3.05) is 0 Å². The quantitative estimate of drug-likeness (QED) is 0.499. The van der Waals surface area contributed by atoms with E-state index in [4.69, 9.17) is 9.90 Å². The van der Waals surface area contributed by atoms with E-state index in [1.165, 1.54) is 12.1 Å². The molecule has 6 nitrogen and oxygen atoms in total. The van der Waals surface area contributed by atoms with Gasteiger partial charge in [-0.25, -0.2) is 13.1 Å². The number of hydrogen-bond acceptors (Lipinski definition) is 4. The molecular weight excluding hydrogens is 257 g/mol. The minimum Gasteiger partial charge on any atom is -1.00 e. The van der Waals surface area contributed by atoms with Gasteiger partial charge in [0.1, 0.15) is 4.90 Å². The van der Waals surface area contributed by atoms with Crippen molar-refractivity contribution < 1.29 is 54.1 Å². The molecule has 1 heterocycles. The number of carbonyl (C=O) groups is 2. The van der Waals surface area contributed by atoms with E-state index in [2.05, 4.69) is 0 Å². The van der Waals surface area contributed by atoms with Gasteiger partial charge in [0.25, 0.3) is 21.9 Å². The number of amides is 1. The molecule has 0 fully saturated rings. The first kappa shape index (κ1) is 16.1. The van der Waals surface area contributed by atoms with E-state index < -0.39 is 21.9 Å². The average molecular weight is 267 g/mol. The van der Waals surface area contributed by atoms with E-state index in [-0.39, 0.29) is 41.4 Å². The van der Waals surface area contributed by atoms with Crippen LogP contribution in [0.15, 0.2) is 29.2 Å². The van der Waals surface area contributed by atoms with Gasteiger partial charge in [-0.05, 0) is 12.1 Å². The second-order valence-electron chi connectivity index (χ2n) is 2.95. The van der Waals surface area contributed by atoms with Crippen LogP contribution in [0.2, 0.25) is 0 Å². The summed E-state index contributed by atoms with van der Waals surface area (Å²) < 4.78 is 24.2. The number of carboxylic acid groups (broad SMARTS) is 1. The smallest absolute Gasteiger partial charge is 1.00 e. The maximum atomic E-state index is 11.1. The maximum absolute atomic E-state index is 11.1. The molecule has 8 heteroatoms. The van der Waals surface area contributed by atoms with Crippen molar-refractivity contribution in [3.63, 3.8) is 0 Å². The summed E-state index contributed by atoms with van der Waals surface area (Å²) in [5.74, 6) is -1.38. The monoisotopic (exact) mass is 267 g/mol. The molecule has 1 aliphatic rings. The van der Waals surface area contributed by atoms with Gasteiger partial charge in [0, 0.05) is 6.92 Å². The summed E-state index contributed by atoms with van der Waals surface area (Å²) in [6.45, 7) is 1.08. The van der Waals surface area contributed by atoms with E-state index in [0.29, 0.717) is 0 Å². The summed E-state index contributed by atoms with van der Waals surface area (Å²) in [5, 5.41) is 7.42. The number of rotatable bonds is 0. The Morgan fingerprint density at radius 1 is 1.35 bits per heavy atom. The molecule has 0 bridgehead atoms. The van der Waals surface area contributed by atoms with Gasteiger partial charge in [-0.2, -0.15) is 0 Å². The second kappa shape index (κ2) is 6.15. The van der Waals surface area contributed by atoms with Gasteiger partial charge in [0.2, 0.25) is 0 Å². The predicted molar refractivity (Wildman–Crippen MR) is 55.5 cm³/mol. The third kappa shape index (κ3) is 4.12. The van der Waals surface area contributed by atoms with Crippen molar-refractivity contribution in [3.05, 3.63) is 29.8 Å². The first-order valence-corrected chi connectivity index (χ1v) is 5.68. The minimum atomic E-state index is -3.55. The summed E-state index contributed by atoms with van der Waals surface area (Å²) in [6.07, 6.45) is 0. The molecular formula is C9H10NNaO5S. The Bertz CT molecular complexity index is 542. The average Bonchev–Trinajstić information content (AvgIpc) is 2.38. The van der Waals surface area contributed by atoms with E-state index in [1.807, 2.05) is 4.72 Å². The van der Waals surface area contributed by atoms with Crippen LogP contribution in [0.25, 0.3) is 0 Å². The molecule has 1 aromatic rings. The fourth-order valence-corrected chi connectivity index (χ4v) is 2.29. The Kier molecular flexibility index (Phi) is 5.83. The van der Waals surface area contributed by atoms with Gasteiger partial charge in [0.05, 0.1) is 5.56 Å². The Balaban J connectivity index is 0. The summed E-state index contributed by atoms with van der Waals surface area (Å²) in [5.41, 5.74) is 0.220. The van der Waals surface area contributed by atoms with Gasteiger partial charge in [0.15, 0.2) is 0 Å². The van der Waals surface area contributed by atoms with E-state index in [1.54, 1.807) is 12.1 Å². The van der Waals surface area contributed by atoms with Crippen molar-refractivity contribution in [1.29, 1.82) is 0 Å². The molecule has 88 valence electrons. The topological polar surface area (TPSA) is 101 Å². The van der Waals surface area contributed by atoms with Crippen LogP contribution in [0, 0.1) is 0 Å². The second-order valence-corrected chi connectivity index (χ2v) is 4.60. The van der Waals surface area contributed by atoms with Crippen molar-refractivity contribution in [1.82, 2.24) is 4.72 Å². The number of sulfonamides is 1. The third-order valence-electron chi connectivity index (χ3n) is 1.65. The summed E-state index contributed by atoms with van der Waals surface area (Å²) in [6, 6.07) is 6.09. The maximum Gasteiger partial charge on any atom is 1.00 e. The molecule has 17 heavy (non-hydrogen) atoms. The third-order valence-corrected chi connectivity index (χ3v) is 3.04. The van der Waals surface area contributed by atoms with E-state index >= 15 is 0 Å². The zero-order valence-electron chi connectivity index (χ0n) is 10.3. The summed E-state index contributed by atoms with van der Waals surface area (Å²) in [7, 11) is -3.55. The largest absolute Gasteiger partial charge is 1.00 e. The normalized spacial score (nSPS) is 14.5. The SMILES string of the molecule is CC(=O)O.O=C1NS(=O)(=O)c2ccccc21.[H-].[Na+]. The molecule has 0 radical (unpaired) electrons. The number of aliphatic carboxylic acids is 1. The molecule has 0 aromatic heterocycles. The Labute approximate surface area is 122 Å². The van der Waals surface area contributed by atoms with Crippen molar-refractivity contribution in [2.24, 2.45) is 0 Å². The van der Waals surface area contributed by atoms with Gasteiger partial charge in [-0.15, -0.1) is 0 Å². The van der Waals surface area contributed by atoms with Crippen LogP contribution in [0.5, 0.6) is 0 Å². The van der Waals surface area contributed by atoms with Crippen LogP contribution in [0.3, 0.4) is 0 Å². The standard InChI is InChI=1S/C7H5NO3S.C2H4O2.Na.H/c9-7-5-3-1-2-4-6(5)12(10,11)8-7;1-2(3)4;;/h1-4H,(H,8,9);1H3,(H,3,4);;/q;;+1;-1. The van der Waals surface area contributed by atoms with Crippen LogP contribution in [0.1, 0.15) is 18.7 Å². The number of carboxylic acids is 1. The van der Waals surface area contributed by atoms with E-state index in [0.717, 1.165) is 6.92 Å². The molecule has 2 N–H and O–H groups in total. The van der Waals surface area contributed by atoms with Crippen molar-refractivity contribution >= 4 is 21.9 Å². The van der Waals surface area contributed by atoms with E-state index in [9.17, 15) is 13.2 Å². The molecule has 0 atom stereocenters. The predicted octanol–water partition coefficient (Wildman–Crippen LogP) is -2.67. The Morgan fingerprint density at radius 3 is 2.29 bits per heavy atom. The summed E-state index contributed by atoms with van der Waals surface area (Å²) >= 11 is 0. The molecule has 0 aliphatic carbocycles. The Hall–Kier alpha value is -0.890. The zero-order chi connectivity index (χ0) is 12.3. The fourth-order valence-electron chi connectivity index (χ4n) is 1.12. The van der Waals surface area contributed by atoms with Crippen LogP contribution in [-0.2, 0) is 14.8 Å². The molecule has 0 unspecified atom stereocenters. The number of nitrogens with one attached hydrogen (secondary N) is 1. The minimum absolute atomic E-state index is 0. The van der Waals surface area contributed by atoms with Gasteiger partial charge < -0.3 is 6.53 Å². The van der Waals surface area contributed by atoms with Crippen molar-refractivity contribution in [2.45, 2.75) is 11.8 Å². The first-order chi connectivity index (χ1) is 7.34. The molecule has 2 rings (SSSR count). The molecule has 0 spiro atoms. The van der Waals surface area contributed by atoms with Crippen LogP contribution in [0.4, 0.5) is 0 Å². The molecule has 1 aliphatic heterocycles. The van der Waals surface area contributed by atoms with Gasteiger partial charge in [-0.1, -0.05) is 12.1 Å². The zero-order valence-corrected chi connectivity index (χ0v) is 12.1. The molecule has 0 saturated heterocycles. The fraction of sp³-hybridized carbons (Fsp3) is 0.111. The first-order valence-electron chi connectivity index (χ1n) is 4.20. The number of hydrogen-bond donors (Lipinski definition) is 2. The number of benzene rings is 1. The molecule has 0 saturated carbocycles. The van der Waals surface area contributed by atoms with Crippen LogP contribution >= 0.6 is 0 Å². The number of carbonyl (C=O) groups excluding carboxylic acids is 1.